The number of nitrogens with zero attached hydrogens (tertiary/aromatic N) is 4. The number of nitrogens with one attached hydrogen (secondary N) is 1. The van der Waals surface area contributed by atoms with E-state index in [0.29, 0.717) is 12.2 Å². The molecular weight excluding hydrogens is 476 g/mol. The minimum absolute atomic E-state index is 0.108. The maximum atomic E-state index is 12.7. The van der Waals surface area contributed by atoms with Gasteiger partial charge in [0.1, 0.15) is 11.7 Å². The topological polar surface area (TPSA) is 134 Å². The Hall–Kier alpha value is -2.99. The van der Waals surface area contributed by atoms with Crippen LogP contribution in [0.5, 0.6) is 0 Å². The molecule has 0 atom stereocenters. The predicted octanol–water partition coefficient (Wildman–Crippen LogP) is 2.63. The third-order valence-electron chi connectivity index (χ3n) is 3.91. The van der Waals surface area contributed by atoms with Gasteiger partial charge in [0.15, 0.2) is 5.69 Å². The van der Waals surface area contributed by atoms with Crippen LogP contribution < -0.4 is 11.1 Å². The summed E-state index contributed by atoms with van der Waals surface area (Å²) < 4.78 is 9.25. The van der Waals surface area contributed by atoms with Crippen LogP contribution in [0, 0.1) is 6.92 Å². The molecular formula is C18H19BrN6O4S. The van der Waals surface area contributed by atoms with Crippen molar-refractivity contribution >= 4 is 50.1 Å². The molecule has 3 heterocycles. The van der Waals surface area contributed by atoms with Crippen molar-refractivity contribution in [1.29, 1.82) is 0 Å². The molecule has 158 valence electrons. The van der Waals surface area contributed by atoms with Crippen molar-refractivity contribution in [3.63, 3.8) is 0 Å². The summed E-state index contributed by atoms with van der Waals surface area (Å²) in [5.74, 6) is -1.87. The number of nitrogens with two attached hydrogens (primary N) is 1. The summed E-state index contributed by atoms with van der Waals surface area (Å²) in [5, 5.41) is 11.2. The van der Waals surface area contributed by atoms with Gasteiger partial charge in [0.25, 0.3) is 11.8 Å². The lowest BCUT2D eigenvalue weighted by Crippen LogP contribution is -2.18. The Morgan fingerprint density at radius 1 is 1.33 bits per heavy atom. The van der Waals surface area contributed by atoms with E-state index in [1.54, 1.807) is 44.0 Å². The number of ether oxygens (including phenoxy) is 1. The van der Waals surface area contributed by atoms with Crippen molar-refractivity contribution in [3.8, 4) is 0 Å². The van der Waals surface area contributed by atoms with Crippen LogP contribution in [-0.2, 0) is 11.4 Å². The maximum absolute atomic E-state index is 12.7. The molecule has 3 aromatic heterocycles. The van der Waals surface area contributed by atoms with Gasteiger partial charge in [-0.2, -0.15) is 10.2 Å². The third-order valence-corrected chi connectivity index (χ3v) is 5.54. The smallest absolute Gasteiger partial charge is 0.341 e. The van der Waals surface area contributed by atoms with Crippen molar-refractivity contribution in [1.82, 2.24) is 19.6 Å². The van der Waals surface area contributed by atoms with Gasteiger partial charge in [-0.1, -0.05) is 0 Å². The second-order valence-corrected chi connectivity index (χ2v) is 8.55. The molecule has 3 rings (SSSR count). The van der Waals surface area contributed by atoms with E-state index in [4.69, 9.17) is 10.5 Å². The molecule has 2 amide bonds. The third kappa shape index (κ3) is 4.76. The number of hydrogen-bond donors (Lipinski definition) is 2. The number of hydrogen-bond acceptors (Lipinski definition) is 7. The maximum Gasteiger partial charge on any atom is 0.341 e. The van der Waals surface area contributed by atoms with E-state index in [0.717, 1.165) is 15.8 Å². The summed E-state index contributed by atoms with van der Waals surface area (Å²) in [5.41, 5.74) is 6.01. The van der Waals surface area contributed by atoms with E-state index in [9.17, 15) is 14.4 Å². The van der Waals surface area contributed by atoms with E-state index in [-0.39, 0.29) is 27.2 Å². The molecule has 3 N–H and O–H groups in total. The quantitative estimate of drug-likeness (QED) is 0.484. The molecule has 0 aliphatic carbocycles. The number of esters is 1. The Bertz CT molecular complexity index is 1120. The first-order valence-electron chi connectivity index (χ1n) is 8.82. The molecule has 0 unspecified atom stereocenters. The Morgan fingerprint density at radius 2 is 2.07 bits per heavy atom. The normalized spacial score (nSPS) is 11.0. The minimum atomic E-state index is -0.689. The van der Waals surface area contributed by atoms with Crippen molar-refractivity contribution in [2.75, 3.05) is 5.32 Å². The van der Waals surface area contributed by atoms with Crippen LogP contribution in [0.25, 0.3) is 0 Å². The van der Waals surface area contributed by atoms with Crippen molar-refractivity contribution in [3.05, 3.63) is 50.8 Å². The standard InChI is InChI=1S/C18H19BrN6O4S/c1-9(2)29-18(28)13-10(3)14(15(20)26)30-17(13)22-16(27)12-4-5-24(23-12)8-25-7-11(19)6-21-25/h4-7,9H,8H2,1-3H3,(H2,20,26)(H,22,27). The zero-order valence-electron chi connectivity index (χ0n) is 16.4. The second-order valence-electron chi connectivity index (χ2n) is 6.61. The SMILES string of the molecule is Cc1c(C(N)=O)sc(NC(=O)c2ccn(Cn3cc(Br)cn3)n2)c1C(=O)OC(C)C. The first kappa shape index (κ1) is 21.7. The summed E-state index contributed by atoms with van der Waals surface area (Å²) in [6.07, 6.45) is 4.68. The fourth-order valence-corrected chi connectivity index (χ4v) is 4.02. The largest absolute Gasteiger partial charge is 0.459 e. The lowest BCUT2D eigenvalue weighted by Gasteiger charge is -2.10. The zero-order valence-corrected chi connectivity index (χ0v) is 18.8. The lowest BCUT2D eigenvalue weighted by molar-refractivity contribution is 0.0379. The van der Waals surface area contributed by atoms with Crippen LogP contribution >= 0.6 is 27.3 Å². The Morgan fingerprint density at radius 3 is 2.67 bits per heavy atom. The first-order chi connectivity index (χ1) is 14.2. The fourth-order valence-electron chi connectivity index (χ4n) is 2.65. The number of halogens is 1. The van der Waals surface area contributed by atoms with Crippen LogP contribution in [0.2, 0.25) is 0 Å². The highest BCUT2D eigenvalue weighted by molar-refractivity contribution is 9.10. The van der Waals surface area contributed by atoms with Crippen LogP contribution in [-0.4, -0.2) is 43.4 Å². The number of rotatable bonds is 7. The van der Waals surface area contributed by atoms with Crippen LogP contribution in [0.1, 0.15) is 49.9 Å². The molecule has 0 aromatic carbocycles. The Labute approximate surface area is 184 Å². The highest BCUT2D eigenvalue weighted by Gasteiger charge is 2.27. The van der Waals surface area contributed by atoms with Gasteiger partial charge >= 0.3 is 5.97 Å². The molecule has 0 saturated carbocycles. The highest BCUT2D eigenvalue weighted by atomic mass is 79.9. The van der Waals surface area contributed by atoms with E-state index in [1.165, 1.54) is 10.7 Å². The number of primary amides is 1. The van der Waals surface area contributed by atoms with Crippen molar-refractivity contribution in [2.45, 2.75) is 33.5 Å². The number of carbonyl (C=O) groups is 3. The average Bonchev–Trinajstić information content (AvgIpc) is 3.34. The van der Waals surface area contributed by atoms with Gasteiger partial charge in [-0.3, -0.25) is 14.3 Å². The Kier molecular flexibility index (Phi) is 6.37. The molecule has 3 aromatic rings. The monoisotopic (exact) mass is 494 g/mol. The summed E-state index contributed by atoms with van der Waals surface area (Å²) >= 11 is 4.24. The van der Waals surface area contributed by atoms with Crippen LogP contribution in [0.3, 0.4) is 0 Å². The molecule has 0 radical (unpaired) electrons. The van der Waals surface area contributed by atoms with Gasteiger partial charge in [0, 0.05) is 12.4 Å². The number of aromatic nitrogens is 4. The average molecular weight is 495 g/mol. The number of amides is 2. The van der Waals surface area contributed by atoms with Gasteiger partial charge in [0.05, 0.1) is 27.2 Å². The van der Waals surface area contributed by atoms with Gasteiger partial charge < -0.3 is 15.8 Å². The van der Waals surface area contributed by atoms with Crippen molar-refractivity contribution < 1.29 is 19.1 Å². The molecule has 0 aliphatic heterocycles. The summed E-state index contributed by atoms with van der Waals surface area (Å²) in [7, 11) is 0. The van der Waals surface area contributed by atoms with Crippen molar-refractivity contribution in [2.24, 2.45) is 5.73 Å². The summed E-state index contributed by atoms with van der Waals surface area (Å²) in [6.45, 7) is 5.31. The molecule has 0 fully saturated rings. The molecule has 10 nitrogen and oxygen atoms in total. The second kappa shape index (κ2) is 8.79. The zero-order chi connectivity index (χ0) is 22.0. The van der Waals surface area contributed by atoms with Crippen LogP contribution in [0.15, 0.2) is 29.1 Å². The molecule has 0 bridgehead atoms. The van der Waals surface area contributed by atoms with E-state index >= 15 is 0 Å². The minimum Gasteiger partial charge on any atom is -0.459 e. The van der Waals surface area contributed by atoms with Gasteiger partial charge in [-0.05, 0) is 48.3 Å². The lowest BCUT2D eigenvalue weighted by atomic mass is 10.1. The number of thiophene rings is 1. The highest BCUT2D eigenvalue weighted by Crippen LogP contribution is 2.34. The van der Waals surface area contributed by atoms with Gasteiger partial charge in [0.2, 0.25) is 0 Å². The van der Waals surface area contributed by atoms with Gasteiger partial charge in [-0.15, -0.1) is 11.3 Å². The molecule has 30 heavy (non-hydrogen) atoms. The predicted molar refractivity (Wildman–Crippen MR) is 114 cm³/mol. The van der Waals surface area contributed by atoms with E-state index in [1.807, 2.05) is 0 Å². The number of anilines is 1. The van der Waals surface area contributed by atoms with E-state index < -0.39 is 17.8 Å². The first-order valence-corrected chi connectivity index (χ1v) is 10.4. The van der Waals surface area contributed by atoms with Gasteiger partial charge in [-0.25, -0.2) is 9.48 Å². The molecule has 0 aliphatic rings. The Balaban J connectivity index is 1.83. The fraction of sp³-hybridized carbons (Fsp3) is 0.278. The summed E-state index contributed by atoms with van der Waals surface area (Å²) in [6, 6.07) is 1.54. The molecule has 0 saturated heterocycles. The van der Waals surface area contributed by atoms with Crippen LogP contribution in [0.4, 0.5) is 5.00 Å². The van der Waals surface area contributed by atoms with E-state index in [2.05, 4.69) is 31.4 Å². The molecule has 12 heteroatoms. The molecule has 0 spiro atoms. The number of carbonyl (C=O) groups excluding carboxylic acids is 3. The summed E-state index contributed by atoms with van der Waals surface area (Å²) in [4.78, 5) is 37.1.